The molecule has 116 valence electrons. The number of fused-ring (bicyclic) bond motifs is 1. The van der Waals surface area contributed by atoms with E-state index in [1.54, 1.807) is 29.2 Å². The Labute approximate surface area is 127 Å². The van der Waals surface area contributed by atoms with E-state index in [0.717, 1.165) is 0 Å². The molecule has 0 bridgehead atoms. The molecule has 2 heterocycles. The van der Waals surface area contributed by atoms with Crippen LogP contribution < -0.4 is 5.56 Å². The number of amides is 1. The van der Waals surface area contributed by atoms with Crippen LogP contribution in [0.3, 0.4) is 0 Å². The molecular weight excluding hydrogens is 284 g/mol. The van der Waals surface area contributed by atoms with E-state index in [-0.39, 0.29) is 11.5 Å². The molecule has 7 nitrogen and oxygen atoms in total. The lowest BCUT2D eigenvalue weighted by Gasteiger charge is -2.30. The molecule has 1 aromatic carbocycles. The molecular formula is C15H18N4O3. The first-order valence-electron chi connectivity index (χ1n) is 7.43. The maximum Gasteiger partial charge on any atom is 0.278 e. The summed E-state index contributed by atoms with van der Waals surface area (Å²) in [6, 6.07) is 6.40. The van der Waals surface area contributed by atoms with E-state index in [1.807, 2.05) is 6.92 Å². The Morgan fingerprint density at radius 2 is 2.05 bits per heavy atom. The highest BCUT2D eigenvalue weighted by atomic mass is 16.5. The fraction of sp³-hybridized carbons (Fsp3) is 0.467. The molecule has 3 rings (SSSR count). The van der Waals surface area contributed by atoms with Gasteiger partial charge in [0, 0.05) is 13.1 Å². The Morgan fingerprint density at radius 3 is 2.77 bits per heavy atom. The van der Waals surface area contributed by atoms with Gasteiger partial charge in [-0.2, -0.15) is 4.68 Å². The molecule has 0 N–H and O–H groups in total. The van der Waals surface area contributed by atoms with E-state index >= 15 is 0 Å². The molecule has 1 aromatic heterocycles. The van der Waals surface area contributed by atoms with E-state index in [2.05, 4.69) is 10.3 Å². The number of benzene rings is 1. The van der Waals surface area contributed by atoms with Crippen molar-refractivity contribution < 1.29 is 9.53 Å². The predicted octanol–water partition coefficient (Wildman–Crippen LogP) is 0.601. The van der Waals surface area contributed by atoms with Crippen LogP contribution in [0.1, 0.15) is 19.4 Å². The maximum atomic E-state index is 12.7. The van der Waals surface area contributed by atoms with Crippen molar-refractivity contribution in [3.05, 3.63) is 34.6 Å². The molecule has 1 atom stereocenters. The predicted molar refractivity (Wildman–Crippen MR) is 80.5 cm³/mol. The first-order valence-corrected chi connectivity index (χ1v) is 7.43. The lowest BCUT2D eigenvalue weighted by atomic mass is 10.1. The van der Waals surface area contributed by atoms with Gasteiger partial charge in [0.15, 0.2) is 0 Å². The van der Waals surface area contributed by atoms with E-state index < -0.39 is 6.04 Å². The van der Waals surface area contributed by atoms with Gasteiger partial charge in [0.25, 0.3) is 5.56 Å². The van der Waals surface area contributed by atoms with E-state index in [9.17, 15) is 9.59 Å². The highest BCUT2D eigenvalue weighted by Crippen LogP contribution is 2.14. The van der Waals surface area contributed by atoms with Crippen LogP contribution in [0.4, 0.5) is 0 Å². The van der Waals surface area contributed by atoms with Gasteiger partial charge in [-0.15, -0.1) is 5.10 Å². The van der Waals surface area contributed by atoms with Gasteiger partial charge in [0.2, 0.25) is 5.91 Å². The number of carbonyl (C=O) groups is 1. The van der Waals surface area contributed by atoms with Crippen molar-refractivity contribution in [1.29, 1.82) is 0 Å². The summed E-state index contributed by atoms with van der Waals surface area (Å²) in [5, 5.41) is 8.50. The highest BCUT2D eigenvalue weighted by Gasteiger charge is 2.28. The van der Waals surface area contributed by atoms with Crippen LogP contribution in [-0.2, 0) is 9.53 Å². The van der Waals surface area contributed by atoms with Crippen molar-refractivity contribution in [3.63, 3.8) is 0 Å². The summed E-state index contributed by atoms with van der Waals surface area (Å²) in [4.78, 5) is 27.0. The fourth-order valence-electron chi connectivity index (χ4n) is 2.65. The van der Waals surface area contributed by atoms with Crippen molar-refractivity contribution in [2.75, 3.05) is 26.3 Å². The molecule has 0 spiro atoms. The van der Waals surface area contributed by atoms with Gasteiger partial charge in [-0.05, 0) is 18.6 Å². The molecule has 1 saturated heterocycles. The van der Waals surface area contributed by atoms with Gasteiger partial charge in [0.1, 0.15) is 11.6 Å². The summed E-state index contributed by atoms with van der Waals surface area (Å²) in [5.41, 5.74) is 0.261. The van der Waals surface area contributed by atoms with Crippen molar-refractivity contribution in [2.45, 2.75) is 19.4 Å². The summed E-state index contributed by atoms with van der Waals surface area (Å²) in [7, 11) is 0. The number of rotatable bonds is 3. The molecule has 1 unspecified atom stereocenters. The molecule has 22 heavy (non-hydrogen) atoms. The number of aromatic nitrogens is 3. The standard InChI is InChI=1S/C15H18N4O3/c1-2-13(15(21)18-7-9-22-10-8-18)19-14(20)11-5-3-4-6-12(11)16-17-19/h3-6,13H,2,7-10H2,1H3. The highest BCUT2D eigenvalue weighted by molar-refractivity contribution is 5.81. The van der Waals surface area contributed by atoms with Crippen LogP contribution in [0.5, 0.6) is 0 Å². The van der Waals surface area contributed by atoms with Crippen LogP contribution >= 0.6 is 0 Å². The Bertz CT molecular complexity index is 737. The third-order valence-electron chi connectivity index (χ3n) is 3.88. The summed E-state index contributed by atoms with van der Waals surface area (Å²) in [5.74, 6) is -0.0996. The number of nitrogens with zero attached hydrogens (tertiary/aromatic N) is 4. The van der Waals surface area contributed by atoms with Gasteiger partial charge < -0.3 is 9.64 Å². The first-order chi connectivity index (χ1) is 10.7. The Hall–Kier alpha value is -2.28. The van der Waals surface area contributed by atoms with Crippen LogP contribution in [0, 0.1) is 0 Å². The van der Waals surface area contributed by atoms with Crippen molar-refractivity contribution >= 4 is 16.8 Å². The second-order valence-electron chi connectivity index (χ2n) is 5.22. The first kappa shape index (κ1) is 14.6. The normalized spacial score (nSPS) is 16.7. The third kappa shape index (κ3) is 2.59. The van der Waals surface area contributed by atoms with Crippen molar-refractivity contribution in [2.24, 2.45) is 0 Å². The molecule has 1 amide bonds. The Morgan fingerprint density at radius 1 is 1.32 bits per heavy atom. The van der Waals surface area contributed by atoms with Crippen molar-refractivity contribution in [1.82, 2.24) is 19.9 Å². The number of hydrogen-bond acceptors (Lipinski definition) is 5. The molecule has 0 aliphatic carbocycles. The van der Waals surface area contributed by atoms with Gasteiger partial charge in [-0.3, -0.25) is 9.59 Å². The summed E-state index contributed by atoms with van der Waals surface area (Å²) >= 11 is 0. The maximum absolute atomic E-state index is 12.7. The zero-order chi connectivity index (χ0) is 15.5. The summed E-state index contributed by atoms with van der Waals surface area (Å²) < 4.78 is 6.47. The van der Waals surface area contributed by atoms with Crippen LogP contribution in [0.25, 0.3) is 10.9 Å². The quantitative estimate of drug-likeness (QED) is 0.830. The van der Waals surface area contributed by atoms with E-state index in [4.69, 9.17) is 4.74 Å². The van der Waals surface area contributed by atoms with Crippen molar-refractivity contribution in [3.8, 4) is 0 Å². The number of carbonyl (C=O) groups excluding carboxylic acids is 1. The monoisotopic (exact) mass is 302 g/mol. The molecule has 2 aromatic rings. The van der Waals surface area contributed by atoms with Gasteiger partial charge >= 0.3 is 0 Å². The van der Waals surface area contributed by atoms with E-state index in [1.165, 1.54) is 4.68 Å². The largest absolute Gasteiger partial charge is 0.378 e. The number of hydrogen-bond donors (Lipinski definition) is 0. The smallest absolute Gasteiger partial charge is 0.278 e. The second-order valence-corrected chi connectivity index (χ2v) is 5.22. The number of morpholine rings is 1. The van der Waals surface area contributed by atoms with Crippen LogP contribution in [0.2, 0.25) is 0 Å². The molecule has 7 heteroatoms. The summed E-state index contributed by atoms with van der Waals surface area (Å²) in [6.07, 6.45) is 0.489. The lowest BCUT2D eigenvalue weighted by molar-refractivity contribution is -0.139. The minimum absolute atomic E-state index is 0.0996. The number of ether oxygens (including phenoxy) is 1. The topological polar surface area (TPSA) is 77.3 Å². The Balaban J connectivity index is 1.98. The average molecular weight is 302 g/mol. The molecule has 0 radical (unpaired) electrons. The Kier molecular flexibility index (Phi) is 4.15. The molecule has 1 aliphatic heterocycles. The minimum Gasteiger partial charge on any atom is -0.378 e. The zero-order valence-electron chi connectivity index (χ0n) is 12.4. The molecule has 1 fully saturated rings. The molecule has 0 saturated carbocycles. The average Bonchev–Trinajstić information content (AvgIpc) is 2.58. The van der Waals surface area contributed by atoms with Crippen LogP contribution in [-0.4, -0.2) is 52.1 Å². The van der Waals surface area contributed by atoms with Gasteiger partial charge in [-0.1, -0.05) is 24.3 Å². The van der Waals surface area contributed by atoms with Gasteiger partial charge in [-0.25, -0.2) is 0 Å². The van der Waals surface area contributed by atoms with Crippen LogP contribution in [0.15, 0.2) is 29.1 Å². The fourth-order valence-corrected chi connectivity index (χ4v) is 2.65. The second kappa shape index (κ2) is 6.23. The van der Waals surface area contributed by atoms with E-state index in [0.29, 0.717) is 43.6 Å². The zero-order valence-corrected chi connectivity index (χ0v) is 12.4. The summed E-state index contributed by atoms with van der Waals surface area (Å²) in [6.45, 7) is 4.02. The minimum atomic E-state index is -0.622. The SMILES string of the molecule is CCC(C(=O)N1CCOCC1)n1nnc2ccccc2c1=O. The van der Waals surface area contributed by atoms with Gasteiger partial charge in [0.05, 0.1) is 18.6 Å². The lowest BCUT2D eigenvalue weighted by Crippen LogP contribution is -2.46. The third-order valence-corrected chi connectivity index (χ3v) is 3.88. The molecule has 1 aliphatic rings.